The van der Waals surface area contributed by atoms with E-state index >= 15 is 0 Å². The van der Waals surface area contributed by atoms with E-state index in [4.69, 9.17) is 9.47 Å². The average molecular weight is 455 g/mol. The number of ether oxygens (including phenoxy) is 2. The van der Waals surface area contributed by atoms with Crippen LogP contribution >= 0.6 is 24.0 Å². The number of rotatable bonds is 7. The van der Waals surface area contributed by atoms with Gasteiger partial charge in [-0.2, -0.15) is 0 Å². The van der Waals surface area contributed by atoms with E-state index in [-0.39, 0.29) is 30.1 Å². The fraction of sp³-hybridized carbons (Fsp3) is 0.316. The van der Waals surface area contributed by atoms with Crippen molar-refractivity contribution in [1.82, 2.24) is 10.6 Å². The van der Waals surface area contributed by atoms with Gasteiger partial charge in [-0.15, -0.1) is 24.0 Å². The number of hydrogen-bond acceptors (Lipinski definition) is 3. The molecule has 0 aliphatic carbocycles. The van der Waals surface area contributed by atoms with Crippen molar-refractivity contribution in [2.45, 2.75) is 12.6 Å². The molecule has 0 fully saturated rings. The first kappa shape index (κ1) is 21.2. The zero-order valence-corrected chi connectivity index (χ0v) is 17.2. The third kappa shape index (κ3) is 6.91. The molecule has 0 bridgehead atoms. The quantitative estimate of drug-likeness (QED) is 0.382. The van der Waals surface area contributed by atoms with Crippen LogP contribution in [0.1, 0.15) is 17.2 Å². The molecular formula is C19H26IN3O2. The molecule has 136 valence electrons. The summed E-state index contributed by atoms with van der Waals surface area (Å²) in [7, 11) is 5.14. The highest BCUT2D eigenvalue weighted by molar-refractivity contribution is 14.0. The number of nitrogens with one attached hydrogen (secondary N) is 2. The summed E-state index contributed by atoms with van der Waals surface area (Å²) in [6.07, 6.45) is -0.0263. The molecule has 1 unspecified atom stereocenters. The monoisotopic (exact) mass is 455 g/mol. The number of nitrogens with zero attached hydrogens (tertiary/aromatic N) is 1. The number of guanidine groups is 1. The van der Waals surface area contributed by atoms with Crippen LogP contribution < -0.4 is 15.4 Å². The van der Waals surface area contributed by atoms with Crippen LogP contribution in [0.2, 0.25) is 0 Å². The molecule has 1 atom stereocenters. The summed E-state index contributed by atoms with van der Waals surface area (Å²) in [6, 6.07) is 18.1. The van der Waals surface area contributed by atoms with Crippen LogP contribution in [0.25, 0.3) is 0 Å². The van der Waals surface area contributed by atoms with E-state index in [9.17, 15) is 0 Å². The van der Waals surface area contributed by atoms with Crippen molar-refractivity contribution in [3.05, 3.63) is 65.7 Å². The summed E-state index contributed by atoms with van der Waals surface area (Å²) in [5.74, 6) is 1.58. The molecule has 2 aromatic carbocycles. The molecule has 25 heavy (non-hydrogen) atoms. The minimum absolute atomic E-state index is 0. The lowest BCUT2D eigenvalue weighted by atomic mass is 10.1. The first-order valence-corrected chi connectivity index (χ1v) is 7.92. The lowest BCUT2D eigenvalue weighted by Crippen LogP contribution is -2.39. The Kier molecular flexibility index (Phi) is 9.94. The number of aliphatic imine (C=N–C) groups is 1. The van der Waals surface area contributed by atoms with E-state index in [0.29, 0.717) is 13.1 Å². The Hall–Kier alpha value is -1.80. The maximum absolute atomic E-state index is 5.56. The molecule has 0 spiro atoms. The average Bonchev–Trinajstić information content (AvgIpc) is 2.65. The predicted molar refractivity (Wildman–Crippen MR) is 113 cm³/mol. The Bertz CT molecular complexity index is 650. The summed E-state index contributed by atoms with van der Waals surface area (Å²) in [6.45, 7) is 1.30. The molecule has 0 aliphatic heterocycles. The molecule has 6 heteroatoms. The largest absolute Gasteiger partial charge is 0.497 e. The van der Waals surface area contributed by atoms with Crippen LogP contribution in [-0.4, -0.2) is 33.8 Å². The van der Waals surface area contributed by atoms with Crippen LogP contribution in [0.4, 0.5) is 0 Å². The molecule has 2 aromatic rings. The molecule has 0 aliphatic rings. The Labute approximate surface area is 166 Å². The lowest BCUT2D eigenvalue weighted by molar-refractivity contribution is 0.106. The normalized spacial score (nSPS) is 12.0. The van der Waals surface area contributed by atoms with Crippen molar-refractivity contribution in [2.24, 2.45) is 4.99 Å². The highest BCUT2D eigenvalue weighted by Gasteiger charge is 2.10. The second-order valence-electron chi connectivity index (χ2n) is 5.29. The molecule has 0 amide bonds. The van der Waals surface area contributed by atoms with Crippen molar-refractivity contribution in [2.75, 3.05) is 27.8 Å². The second-order valence-corrected chi connectivity index (χ2v) is 5.29. The van der Waals surface area contributed by atoms with Crippen LogP contribution in [-0.2, 0) is 11.3 Å². The molecule has 0 saturated carbocycles. The molecule has 0 radical (unpaired) electrons. The van der Waals surface area contributed by atoms with Gasteiger partial charge in [0.2, 0.25) is 0 Å². The van der Waals surface area contributed by atoms with Crippen molar-refractivity contribution >= 4 is 29.9 Å². The Morgan fingerprint density at radius 2 is 1.80 bits per heavy atom. The summed E-state index contributed by atoms with van der Waals surface area (Å²) in [5.41, 5.74) is 2.26. The topological polar surface area (TPSA) is 54.9 Å². The van der Waals surface area contributed by atoms with Gasteiger partial charge in [0.1, 0.15) is 5.75 Å². The third-order valence-corrected chi connectivity index (χ3v) is 3.73. The summed E-state index contributed by atoms with van der Waals surface area (Å²) < 4.78 is 10.8. The molecule has 0 heterocycles. The molecule has 0 saturated heterocycles. The van der Waals surface area contributed by atoms with Gasteiger partial charge in [-0.3, -0.25) is 4.99 Å². The molecule has 0 aromatic heterocycles. The molecular weight excluding hydrogens is 429 g/mol. The van der Waals surface area contributed by atoms with Crippen molar-refractivity contribution in [1.29, 1.82) is 0 Å². The second kappa shape index (κ2) is 11.7. The fourth-order valence-electron chi connectivity index (χ4n) is 2.38. The molecule has 5 nitrogen and oxygen atoms in total. The van der Waals surface area contributed by atoms with E-state index in [1.54, 1.807) is 21.3 Å². The van der Waals surface area contributed by atoms with Gasteiger partial charge in [-0.05, 0) is 23.3 Å². The summed E-state index contributed by atoms with van der Waals surface area (Å²) in [4.78, 5) is 4.25. The van der Waals surface area contributed by atoms with Crippen LogP contribution in [0, 0.1) is 0 Å². The van der Waals surface area contributed by atoms with Gasteiger partial charge in [-0.1, -0.05) is 42.5 Å². The van der Waals surface area contributed by atoms with E-state index in [2.05, 4.69) is 27.8 Å². The number of halogens is 1. The number of hydrogen-bond donors (Lipinski definition) is 2. The maximum Gasteiger partial charge on any atom is 0.191 e. The Morgan fingerprint density at radius 3 is 2.44 bits per heavy atom. The highest BCUT2D eigenvalue weighted by atomic mass is 127. The summed E-state index contributed by atoms with van der Waals surface area (Å²) in [5, 5.41) is 6.60. The van der Waals surface area contributed by atoms with E-state index in [1.807, 2.05) is 42.5 Å². The van der Waals surface area contributed by atoms with Gasteiger partial charge in [0, 0.05) is 27.2 Å². The van der Waals surface area contributed by atoms with E-state index in [0.717, 1.165) is 22.8 Å². The van der Waals surface area contributed by atoms with Crippen LogP contribution in [0.5, 0.6) is 5.75 Å². The van der Waals surface area contributed by atoms with Crippen LogP contribution in [0.15, 0.2) is 59.6 Å². The number of methoxy groups -OCH3 is 2. The van der Waals surface area contributed by atoms with Gasteiger partial charge in [0.25, 0.3) is 0 Å². The van der Waals surface area contributed by atoms with Crippen LogP contribution in [0.3, 0.4) is 0 Å². The number of benzene rings is 2. The van der Waals surface area contributed by atoms with Crippen molar-refractivity contribution in [3.63, 3.8) is 0 Å². The van der Waals surface area contributed by atoms with E-state index < -0.39 is 0 Å². The standard InChI is InChI=1S/C19H25N3O2.HI/c1-20-19(21-13-15-8-7-11-17(12-15)23-2)22-14-18(24-3)16-9-5-4-6-10-16;/h4-12,18H,13-14H2,1-3H3,(H2,20,21,22);1H. The third-order valence-electron chi connectivity index (χ3n) is 3.73. The van der Waals surface area contributed by atoms with Gasteiger partial charge >= 0.3 is 0 Å². The first-order chi connectivity index (χ1) is 11.8. The van der Waals surface area contributed by atoms with Crippen molar-refractivity contribution < 1.29 is 9.47 Å². The fourth-order valence-corrected chi connectivity index (χ4v) is 2.38. The highest BCUT2D eigenvalue weighted by Crippen LogP contribution is 2.15. The lowest BCUT2D eigenvalue weighted by Gasteiger charge is -2.19. The molecule has 2 N–H and O–H groups in total. The Balaban J connectivity index is 0.00000312. The zero-order valence-electron chi connectivity index (χ0n) is 14.9. The van der Waals surface area contributed by atoms with E-state index in [1.165, 1.54) is 0 Å². The van der Waals surface area contributed by atoms with Gasteiger partial charge in [0.05, 0.1) is 13.2 Å². The maximum atomic E-state index is 5.56. The smallest absolute Gasteiger partial charge is 0.191 e. The minimum Gasteiger partial charge on any atom is -0.497 e. The van der Waals surface area contributed by atoms with Gasteiger partial charge in [0.15, 0.2) is 5.96 Å². The minimum atomic E-state index is -0.0263. The van der Waals surface area contributed by atoms with Gasteiger partial charge < -0.3 is 20.1 Å². The van der Waals surface area contributed by atoms with Gasteiger partial charge in [-0.25, -0.2) is 0 Å². The predicted octanol–water partition coefficient (Wildman–Crippen LogP) is 3.37. The SMILES string of the molecule is CN=C(NCc1cccc(OC)c1)NCC(OC)c1ccccc1.I. The zero-order chi connectivity index (χ0) is 17.2. The van der Waals surface area contributed by atoms with Crippen molar-refractivity contribution in [3.8, 4) is 5.75 Å². The Morgan fingerprint density at radius 1 is 1.04 bits per heavy atom. The summed E-state index contributed by atoms with van der Waals surface area (Å²) >= 11 is 0. The molecule has 2 rings (SSSR count). The first-order valence-electron chi connectivity index (χ1n) is 7.92.